The Morgan fingerprint density at radius 1 is 1.07 bits per heavy atom. The second kappa shape index (κ2) is 8.48. The molecule has 5 fully saturated rings. The number of hydrogen-bond acceptors (Lipinski definition) is 6. The van der Waals surface area contributed by atoms with Crippen LogP contribution in [0.25, 0.3) is 0 Å². The average molecular weight is 589 g/mol. The fraction of sp³-hybridized carbons (Fsp3) is 0.567. The molecule has 3 aliphatic carbocycles. The van der Waals surface area contributed by atoms with Crippen molar-refractivity contribution in [3.05, 3.63) is 65.2 Å². The zero-order valence-electron chi connectivity index (χ0n) is 22.3. The molecule has 5 unspecified atom stereocenters. The molecule has 2 aromatic carbocycles. The van der Waals surface area contributed by atoms with Gasteiger partial charge in [0.05, 0.1) is 11.7 Å². The van der Waals surface area contributed by atoms with Crippen LogP contribution >= 0.6 is 0 Å². The van der Waals surface area contributed by atoms with E-state index in [-0.39, 0.29) is 35.8 Å². The van der Waals surface area contributed by atoms with E-state index in [1.807, 2.05) is 35.2 Å². The van der Waals surface area contributed by atoms with Crippen molar-refractivity contribution in [2.24, 2.45) is 11.8 Å². The Morgan fingerprint density at radius 2 is 1.85 bits per heavy atom. The maximum Gasteiger partial charge on any atom is 0.534 e. The molecule has 2 aromatic rings. The quantitative estimate of drug-likeness (QED) is 0.384. The molecule has 0 aromatic heterocycles. The van der Waals surface area contributed by atoms with Crippen LogP contribution in [0.5, 0.6) is 5.75 Å². The molecule has 3 heterocycles. The van der Waals surface area contributed by atoms with Gasteiger partial charge in [-0.3, -0.25) is 9.69 Å². The topological polar surface area (TPSA) is 76.2 Å². The number of piperidine rings is 1. The molecule has 7 nitrogen and oxygen atoms in total. The molecule has 11 heteroatoms. The van der Waals surface area contributed by atoms with Gasteiger partial charge in [-0.05, 0) is 86.4 Å². The minimum Gasteiger partial charge on any atom is -0.376 e. The fourth-order valence-corrected chi connectivity index (χ4v) is 9.67. The van der Waals surface area contributed by atoms with Gasteiger partial charge in [0.2, 0.25) is 0 Å². The van der Waals surface area contributed by atoms with Gasteiger partial charge in [-0.25, -0.2) is 0 Å². The summed E-state index contributed by atoms with van der Waals surface area (Å²) in [4.78, 5) is 18.2. The zero-order valence-corrected chi connectivity index (χ0v) is 23.2. The van der Waals surface area contributed by atoms with E-state index in [9.17, 15) is 26.4 Å². The van der Waals surface area contributed by atoms with Gasteiger partial charge in [0.1, 0.15) is 5.75 Å². The minimum atomic E-state index is -5.81. The molecule has 2 saturated carbocycles. The number of amides is 1. The first-order valence-electron chi connectivity index (χ1n) is 14.5. The highest BCUT2D eigenvalue weighted by atomic mass is 32.2. The maximum absolute atomic E-state index is 13.7. The molecular weight excluding hydrogens is 557 g/mol. The predicted octanol–water partition coefficient (Wildman–Crippen LogP) is 4.27. The predicted molar refractivity (Wildman–Crippen MR) is 142 cm³/mol. The van der Waals surface area contributed by atoms with Crippen LogP contribution in [0.3, 0.4) is 0 Å². The first-order valence-corrected chi connectivity index (χ1v) is 15.9. The molecule has 1 amide bonds. The molecule has 4 bridgehead atoms. The Kier molecular flexibility index (Phi) is 5.38. The van der Waals surface area contributed by atoms with Crippen LogP contribution in [0.2, 0.25) is 0 Å². The lowest BCUT2D eigenvalue weighted by Gasteiger charge is -2.64. The van der Waals surface area contributed by atoms with Crippen LogP contribution in [0.1, 0.15) is 53.6 Å². The van der Waals surface area contributed by atoms with E-state index in [4.69, 9.17) is 4.74 Å². The molecule has 6 aliphatic rings. The van der Waals surface area contributed by atoms with Gasteiger partial charge in [-0.1, -0.05) is 24.3 Å². The lowest BCUT2D eigenvalue weighted by Crippen LogP contribution is -2.74. The SMILES string of the molecule is O=C(c1ccccc1)N1C[C@H]2OC34CCC1C2C31CCN(CC2CC2)C4Cc2ccc(OS(=O)(=O)C(F)(F)F)cc21. The number of benzene rings is 2. The summed E-state index contributed by atoms with van der Waals surface area (Å²) in [6.07, 6.45) is 5.22. The Labute approximate surface area is 236 Å². The van der Waals surface area contributed by atoms with Crippen molar-refractivity contribution in [2.75, 3.05) is 19.6 Å². The van der Waals surface area contributed by atoms with Gasteiger partial charge in [0.15, 0.2) is 0 Å². The molecule has 0 spiro atoms. The Hall–Kier alpha value is -2.63. The highest BCUT2D eigenvalue weighted by molar-refractivity contribution is 7.88. The minimum absolute atomic E-state index is 0.0374. The summed E-state index contributed by atoms with van der Waals surface area (Å²) in [5, 5.41) is 0. The van der Waals surface area contributed by atoms with E-state index < -0.39 is 26.6 Å². The molecule has 6 atom stereocenters. The van der Waals surface area contributed by atoms with Gasteiger partial charge >= 0.3 is 15.6 Å². The Balaban J connectivity index is 1.24. The van der Waals surface area contributed by atoms with Gasteiger partial charge in [0.25, 0.3) is 5.91 Å². The summed E-state index contributed by atoms with van der Waals surface area (Å²) in [6, 6.07) is 13.8. The number of carbonyl (C=O) groups is 1. The van der Waals surface area contributed by atoms with Gasteiger partial charge in [0, 0.05) is 42.1 Å². The third kappa shape index (κ3) is 3.51. The molecule has 0 N–H and O–H groups in total. The number of fused-ring (bicyclic) bond motifs is 1. The van der Waals surface area contributed by atoms with Crippen LogP contribution in [0.15, 0.2) is 48.5 Å². The van der Waals surface area contributed by atoms with Gasteiger partial charge < -0.3 is 13.8 Å². The smallest absolute Gasteiger partial charge is 0.376 e. The van der Waals surface area contributed by atoms with E-state index in [1.54, 1.807) is 6.07 Å². The average Bonchev–Trinajstić information content (AvgIpc) is 3.63. The van der Waals surface area contributed by atoms with E-state index >= 15 is 0 Å². The van der Waals surface area contributed by atoms with E-state index in [0.29, 0.717) is 24.4 Å². The molecule has 0 radical (unpaired) electrons. The third-order valence-electron chi connectivity index (χ3n) is 10.8. The lowest BCUT2D eigenvalue weighted by molar-refractivity contribution is -0.171. The molecule has 3 saturated heterocycles. The van der Waals surface area contributed by atoms with Crippen LogP contribution in [-0.4, -0.2) is 73.1 Å². The van der Waals surface area contributed by atoms with Gasteiger partial charge in [-0.2, -0.15) is 21.6 Å². The second-order valence-corrected chi connectivity index (χ2v) is 14.2. The normalized spacial score (nSPS) is 35.6. The lowest BCUT2D eigenvalue weighted by atomic mass is 9.46. The number of alkyl halides is 3. The van der Waals surface area contributed by atoms with Crippen molar-refractivity contribution in [1.29, 1.82) is 0 Å². The summed E-state index contributed by atoms with van der Waals surface area (Å²) >= 11 is 0. The standard InChI is InChI=1S/C30H31F3N2O5S/c31-30(32,33)41(37,38)40-21-9-8-20-14-25-29-11-10-23-26(24(39-29)17-35(23)27(36)19-4-2-1-3-5-19)28(29,22(20)15-21)12-13-34(25)16-18-6-7-18/h1-5,8-9,15,18,23-26H,6-7,10-14,16-17H2/t23?,24-,25?,26?,28?,29?/m1/s1. The molecular formula is C30H31F3N2O5S. The zero-order chi connectivity index (χ0) is 28.4. The number of ether oxygens (including phenoxy) is 1. The summed E-state index contributed by atoms with van der Waals surface area (Å²) < 4.78 is 75.2. The highest BCUT2D eigenvalue weighted by Gasteiger charge is 2.78. The number of halogens is 3. The Bertz CT molecular complexity index is 1530. The number of carbonyl (C=O) groups excluding carboxylic acids is 1. The van der Waals surface area contributed by atoms with Crippen molar-refractivity contribution in [3.63, 3.8) is 0 Å². The van der Waals surface area contributed by atoms with Crippen LogP contribution in [-0.2, 0) is 26.7 Å². The summed E-state index contributed by atoms with van der Waals surface area (Å²) in [5.74, 6) is 0.284. The van der Waals surface area contributed by atoms with E-state index in [0.717, 1.165) is 43.5 Å². The van der Waals surface area contributed by atoms with Crippen LogP contribution in [0, 0.1) is 11.8 Å². The molecule has 218 valence electrons. The first kappa shape index (κ1) is 26.0. The number of nitrogens with zero attached hydrogens (tertiary/aromatic N) is 2. The van der Waals surface area contributed by atoms with Crippen molar-refractivity contribution < 1.29 is 35.3 Å². The van der Waals surface area contributed by atoms with Crippen molar-refractivity contribution in [1.82, 2.24) is 9.80 Å². The highest BCUT2D eigenvalue weighted by Crippen LogP contribution is 2.70. The Morgan fingerprint density at radius 3 is 2.59 bits per heavy atom. The molecule has 41 heavy (non-hydrogen) atoms. The van der Waals surface area contributed by atoms with E-state index in [2.05, 4.69) is 9.08 Å². The first-order chi connectivity index (χ1) is 19.5. The third-order valence-corrected chi connectivity index (χ3v) is 11.8. The monoisotopic (exact) mass is 588 g/mol. The summed E-state index contributed by atoms with van der Waals surface area (Å²) in [7, 11) is -5.81. The summed E-state index contributed by atoms with van der Waals surface area (Å²) in [5.41, 5.74) is -4.15. The number of rotatable bonds is 5. The van der Waals surface area contributed by atoms with Crippen LogP contribution in [0.4, 0.5) is 13.2 Å². The second-order valence-electron chi connectivity index (χ2n) is 12.7. The van der Waals surface area contributed by atoms with E-state index in [1.165, 1.54) is 25.0 Å². The summed E-state index contributed by atoms with van der Waals surface area (Å²) in [6.45, 7) is 2.32. The van der Waals surface area contributed by atoms with Gasteiger partial charge in [-0.15, -0.1) is 0 Å². The van der Waals surface area contributed by atoms with Crippen molar-refractivity contribution >= 4 is 16.0 Å². The largest absolute Gasteiger partial charge is 0.534 e. The maximum atomic E-state index is 13.7. The molecule has 3 aliphatic heterocycles. The van der Waals surface area contributed by atoms with Crippen LogP contribution < -0.4 is 4.18 Å². The number of hydrogen-bond donors (Lipinski definition) is 0. The van der Waals surface area contributed by atoms with Crippen molar-refractivity contribution in [3.8, 4) is 5.75 Å². The molecule has 8 rings (SSSR count). The van der Waals surface area contributed by atoms with Crippen molar-refractivity contribution in [2.45, 2.75) is 73.2 Å². The fourth-order valence-electron chi connectivity index (χ4n) is 9.22. The number of likely N-dealkylation sites (tertiary alicyclic amines) is 2.